The van der Waals surface area contributed by atoms with Crippen molar-refractivity contribution in [2.75, 3.05) is 0 Å². The lowest BCUT2D eigenvalue weighted by atomic mass is 10.1. The lowest BCUT2D eigenvalue weighted by molar-refractivity contribution is 0.0857. The summed E-state index contributed by atoms with van der Waals surface area (Å²) < 4.78 is 0. The van der Waals surface area contributed by atoms with Crippen molar-refractivity contribution in [1.82, 2.24) is 5.32 Å². The van der Waals surface area contributed by atoms with Crippen LogP contribution in [0.15, 0.2) is 42.5 Å². The van der Waals surface area contributed by atoms with Crippen molar-refractivity contribution in [3.8, 4) is 0 Å². The molecule has 4 heteroatoms. The van der Waals surface area contributed by atoms with Crippen LogP contribution in [-0.4, -0.2) is 17.1 Å². The Labute approximate surface area is 128 Å². The Bertz CT molecular complexity index is 699. The van der Waals surface area contributed by atoms with Crippen molar-refractivity contribution in [1.29, 1.82) is 0 Å². The summed E-state index contributed by atoms with van der Waals surface area (Å²) >= 11 is 5.96. The zero-order chi connectivity index (χ0) is 15.0. The van der Waals surface area contributed by atoms with Gasteiger partial charge in [0, 0.05) is 17.0 Å². The van der Waals surface area contributed by atoms with E-state index in [9.17, 15) is 9.90 Å². The molecular weight excluding hydrogens is 286 g/mol. The van der Waals surface area contributed by atoms with Crippen LogP contribution >= 0.6 is 11.6 Å². The van der Waals surface area contributed by atoms with Gasteiger partial charge in [-0.05, 0) is 35.7 Å². The largest absolute Gasteiger partial charge is 0.390 e. The molecule has 1 aliphatic carbocycles. The number of aryl methyl sites for hydroxylation is 1. The lowest BCUT2D eigenvalue weighted by Gasteiger charge is -2.18. The third kappa shape index (κ3) is 2.67. The Morgan fingerprint density at radius 1 is 1.29 bits per heavy atom. The fourth-order valence-electron chi connectivity index (χ4n) is 2.81. The van der Waals surface area contributed by atoms with Gasteiger partial charge in [0.2, 0.25) is 0 Å². The molecule has 0 radical (unpaired) electrons. The quantitative estimate of drug-likeness (QED) is 0.896. The minimum absolute atomic E-state index is 0.212. The van der Waals surface area contributed by atoms with E-state index >= 15 is 0 Å². The summed E-state index contributed by atoms with van der Waals surface area (Å²) in [7, 11) is 0. The first kappa shape index (κ1) is 14.1. The average molecular weight is 302 g/mol. The van der Waals surface area contributed by atoms with Crippen molar-refractivity contribution in [2.45, 2.75) is 25.5 Å². The van der Waals surface area contributed by atoms with Crippen LogP contribution in [0, 0.1) is 6.92 Å². The van der Waals surface area contributed by atoms with Crippen LogP contribution < -0.4 is 5.32 Å². The second-order valence-electron chi connectivity index (χ2n) is 5.38. The van der Waals surface area contributed by atoms with E-state index in [2.05, 4.69) is 5.32 Å². The molecule has 1 amide bonds. The van der Waals surface area contributed by atoms with Crippen molar-refractivity contribution in [3.63, 3.8) is 0 Å². The number of benzene rings is 2. The molecule has 0 heterocycles. The minimum Gasteiger partial charge on any atom is -0.390 e. The molecule has 21 heavy (non-hydrogen) atoms. The number of aliphatic hydroxyl groups is 1. The Morgan fingerprint density at radius 2 is 2.05 bits per heavy atom. The van der Waals surface area contributed by atoms with E-state index in [1.54, 1.807) is 12.1 Å². The molecule has 0 saturated heterocycles. The Balaban J connectivity index is 1.87. The third-order valence-corrected chi connectivity index (χ3v) is 4.17. The highest BCUT2D eigenvalue weighted by Gasteiger charge is 2.32. The van der Waals surface area contributed by atoms with Gasteiger partial charge in [-0.15, -0.1) is 0 Å². The predicted molar refractivity (Wildman–Crippen MR) is 82.5 cm³/mol. The number of aliphatic hydroxyl groups excluding tert-OH is 1. The molecule has 3 nitrogen and oxygen atoms in total. The normalized spacial score (nSPS) is 20.1. The molecule has 0 fully saturated rings. The van der Waals surface area contributed by atoms with Crippen molar-refractivity contribution in [2.24, 2.45) is 0 Å². The van der Waals surface area contributed by atoms with Gasteiger partial charge in [0.1, 0.15) is 0 Å². The average Bonchev–Trinajstić information content (AvgIpc) is 2.78. The Hall–Kier alpha value is -1.84. The number of carbonyl (C=O) groups excluding carboxylic acids is 1. The molecule has 0 aromatic heterocycles. The molecule has 0 spiro atoms. The summed E-state index contributed by atoms with van der Waals surface area (Å²) in [5, 5.41) is 13.6. The van der Waals surface area contributed by atoms with Crippen LogP contribution in [0.5, 0.6) is 0 Å². The summed E-state index contributed by atoms with van der Waals surface area (Å²) in [5.41, 5.74) is 3.47. The maximum atomic E-state index is 12.4. The van der Waals surface area contributed by atoms with E-state index in [1.807, 2.05) is 37.3 Å². The predicted octanol–water partition coefficient (Wildman–Crippen LogP) is 3.04. The minimum atomic E-state index is -0.592. The standard InChI is InChI=1S/C17H16ClNO2/c1-10-6-7-12(18)9-14(10)17(21)19-16-13-5-3-2-4-11(13)8-15(16)20/h2-7,9,15-16,20H,8H2,1H3,(H,19,21)/t15-,16+/m1/s1. The molecular formula is C17H16ClNO2. The second kappa shape index (κ2) is 5.51. The molecule has 108 valence electrons. The monoisotopic (exact) mass is 301 g/mol. The zero-order valence-electron chi connectivity index (χ0n) is 11.6. The van der Waals surface area contributed by atoms with Gasteiger partial charge in [0.05, 0.1) is 12.1 Å². The summed E-state index contributed by atoms with van der Waals surface area (Å²) in [5.74, 6) is -0.212. The summed E-state index contributed by atoms with van der Waals surface area (Å²) in [6.45, 7) is 1.87. The fourth-order valence-corrected chi connectivity index (χ4v) is 2.98. The van der Waals surface area contributed by atoms with Gasteiger partial charge in [-0.25, -0.2) is 0 Å². The van der Waals surface area contributed by atoms with E-state index in [1.165, 1.54) is 0 Å². The van der Waals surface area contributed by atoms with Crippen LogP contribution in [-0.2, 0) is 6.42 Å². The molecule has 2 N–H and O–H groups in total. The van der Waals surface area contributed by atoms with E-state index in [-0.39, 0.29) is 11.9 Å². The number of hydrogen-bond donors (Lipinski definition) is 2. The first-order valence-electron chi connectivity index (χ1n) is 6.89. The van der Waals surface area contributed by atoms with Gasteiger partial charge in [-0.2, -0.15) is 0 Å². The first-order valence-corrected chi connectivity index (χ1v) is 7.27. The highest BCUT2D eigenvalue weighted by atomic mass is 35.5. The van der Waals surface area contributed by atoms with Crippen LogP contribution in [0.4, 0.5) is 0 Å². The highest BCUT2D eigenvalue weighted by molar-refractivity contribution is 6.31. The summed E-state index contributed by atoms with van der Waals surface area (Å²) in [6.07, 6.45) is -0.0267. The first-order chi connectivity index (χ1) is 10.1. The van der Waals surface area contributed by atoms with Gasteiger partial charge < -0.3 is 10.4 Å². The molecule has 2 aromatic carbocycles. The number of carbonyl (C=O) groups is 1. The van der Waals surface area contributed by atoms with Crippen molar-refractivity contribution in [3.05, 3.63) is 69.7 Å². The Morgan fingerprint density at radius 3 is 2.86 bits per heavy atom. The van der Waals surface area contributed by atoms with Crippen LogP contribution in [0.2, 0.25) is 5.02 Å². The molecule has 1 aliphatic rings. The number of fused-ring (bicyclic) bond motifs is 1. The molecule has 0 bridgehead atoms. The van der Waals surface area contributed by atoms with E-state index < -0.39 is 6.10 Å². The highest BCUT2D eigenvalue weighted by Crippen LogP contribution is 2.31. The molecule has 3 rings (SSSR count). The van der Waals surface area contributed by atoms with E-state index in [0.717, 1.165) is 16.7 Å². The van der Waals surface area contributed by atoms with Crippen molar-refractivity contribution >= 4 is 17.5 Å². The molecule has 0 saturated carbocycles. The maximum absolute atomic E-state index is 12.4. The molecule has 0 aliphatic heterocycles. The van der Waals surface area contributed by atoms with E-state index in [4.69, 9.17) is 11.6 Å². The number of amides is 1. The smallest absolute Gasteiger partial charge is 0.252 e. The number of rotatable bonds is 2. The maximum Gasteiger partial charge on any atom is 0.252 e. The Kier molecular flexibility index (Phi) is 3.70. The molecule has 0 unspecified atom stereocenters. The third-order valence-electron chi connectivity index (χ3n) is 3.93. The van der Waals surface area contributed by atoms with Crippen LogP contribution in [0.25, 0.3) is 0 Å². The van der Waals surface area contributed by atoms with Gasteiger partial charge in [-0.1, -0.05) is 41.9 Å². The second-order valence-corrected chi connectivity index (χ2v) is 5.82. The van der Waals surface area contributed by atoms with Gasteiger partial charge >= 0.3 is 0 Å². The summed E-state index contributed by atoms with van der Waals surface area (Å²) in [4.78, 5) is 12.4. The SMILES string of the molecule is Cc1ccc(Cl)cc1C(=O)N[C@H]1c2ccccc2C[C@H]1O. The van der Waals surface area contributed by atoms with Crippen LogP contribution in [0.3, 0.4) is 0 Å². The van der Waals surface area contributed by atoms with Crippen molar-refractivity contribution < 1.29 is 9.90 Å². The number of nitrogens with one attached hydrogen (secondary N) is 1. The molecule has 2 aromatic rings. The lowest BCUT2D eigenvalue weighted by Crippen LogP contribution is -2.34. The van der Waals surface area contributed by atoms with Gasteiger partial charge in [0.15, 0.2) is 0 Å². The zero-order valence-corrected chi connectivity index (χ0v) is 12.4. The van der Waals surface area contributed by atoms with E-state index in [0.29, 0.717) is 17.0 Å². The van der Waals surface area contributed by atoms with Gasteiger partial charge in [0.25, 0.3) is 5.91 Å². The fraction of sp³-hybridized carbons (Fsp3) is 0.235. The molecule has 2 atom stereocenters. The summed E-state index contributed by atoms with van der Waals surface area (Å²) in [6, 6.07) is 12.6. The topological polar surface area (TPSA) is 49.3 Å². The van der Waals surface area contributed by atoms with Crippen LogP contribution in [0.1, 0.15) is 33.1 Å². The number of halogens is 1. The number of hydrogen-bond acceptors (Lipinski definition) is 2. The van der Waals surface area contributed by atoms with Gasteiger partial charge in [-0.3, -0.25) is 4.79 Å².